The third-order valence-corrected chi connectivity index (χ3v) is 2.35. The average Bonchev–Trinajstić information content (AvgIpc) is 2.69. The molecule has 0 saturated heterocycles. The molecule has 5 heteroatoms. The minimum atomic E-state index is -0.250. The Morgan fingerprint density at radius 2 is 2.44 bits per heavy atom. The first-order chi connectivity index (χ1) is 7.67. The molecule has 0 saturated carbocycles. The summed E-state index contributed by atoms with van der Waals surface area (Å²) in [6.45, 7) is 5.41. The number of ether oxygens (including phenoxy) is 1. The quantitative estimate of drug-likeness (QED) is 0.725. The summed E-state index contributed by atoms with van der Waals surface area (Å²) < 4.78 is 6.56. The molecule has 1 N–H and O–H groups in total. The molecule has 0 aliphatic heterocycles. The van der Waals surface area contributed by atoms with Gasteiger partial charge in [-0.3, -0.25) is 9.48 Å². The van der Waals surface area contributed by atoms with Crippen LogP contribution >= 0.6 is 0 Å². The number of nitrogens with zero attached hydrogens (tertiary/aromatic N) is 2. The van der Waals surface area contributed by atoms with E-state index in [1.165, 1.54) is 7.11 Å². The molecule has 0 spiro atoms. The first kappa shape index (κ1) is 12.7. The maximum atomic E-state index is 11.4. The zero-order chi connectivity index (χ0) is 12.0. The molecule has 0 aliphatic carbocycles. The number of hydrogen-bond acceptors (Lipinski definition) is 4. The van der Waals surface area contributed by atoms with Gasteiger partial charge < -0.3 is 10.1 Å². The minimum Gasteiger partial charge on any atom is -0.468 e. The summed E-state index contributed by atoms with van der Waals surface area (Å²) in [7, 11) is 1.41. The number of methoxy groups -OCH3 is 1. The van der Waals surface area contributed by atoms with Gasteiger partial charge in [-0.2, -0.15) is 5.10 Å². The van der Waals surface area contributed by atoms with Crippen molar-refractivity contribution in [2.45, 2.75) is 32.9 Å². The largest absolute Gasteiger partial charge is 0.468 e. The molecular formula is C11H19N3O2. The van der Waals surface area contributed by atoms with Gasteiger partial charge in [0, 0.05) is 12.7 Å². The highest BCUT2D eigenvalue weighted by molar-refractivity contribution is 5.75. The number of nitrogens with one attached hydrogen (secondary N) is 1. The number of carbonyl (C=O) groups is 1. The lowest BCUT2D eigenvalue weighted by molar-refractivity contribution is -0.143. The van der Waals surface area contributed by atoms with Gasteiger partial charge >= 0.3 is 5.97 Å². The van der Waals surface area contributed by atoms with E-state index in [9.17, 15) is 4.79 Å². The van der Waals surface area contributed by atoms with Crippen LogP contribution in [0.3, 0.4) is 0 Å². The van der Waals surface area contributed by atoms with E-state index in [0.717, 1.165) is 12.1 Å². The SMILES string of the molecule is CCNC(CCn1cc(C)cn1)C(=O)OC. The molecule has 90 valence electrons. The standard InChI is InChI=1S/C11H19N3O2/c1-4-12-10(11(15)16-3)5-6-14-8-9(2)7-13-14/h7-8,10,12H,4-6H2,1-3H3. The lowest BCUT2D eigenvalue weighted by Crippen LogP contribution is -2.38. The Bertz CT molecular complexity index is 336. The van der Waals surface area contributed by atoms with Gasteiger partial charge in [-0.15, -0.1) is 0 Å². The van der Waals surface area contributed by atoms with Crippen LogP contribution < -0.4 is 5.32 Å². The molecule has 0 bridgehead atoms. The molecule has 0 radical (unpaired) electrons. The predicted octanol–water partition coefficient (Wildman–Crippen LogP) is 0.733. The van der Waals surface area contributed by atoms with Crippen molar-refractivity contribution in [2.75, 3.05) is 13.7 Å². The molecule has 1 unspecified atom stereocenters. The van der Waals surface area contributed by atoms with Crippen LogP contribution in [0, 0.1) is 6.92 Å². The van der Waals surface area contributed by atoms with Crippen molar-refractivity contribution in [3.05, 3.63) is 18.0 Å². The second-order valence-corrected chi connectivity index (χ2v) is 3.70. The van der Waals surface area contributed by atoms with Crippen molar-refractivity contribution < 1.29 is 9.53 Å². The van der Waals surface area contributed by atoms with E-state index in [-0.39, 0.29) is 12.0 Å². The molecule has 1 heterocycles. The van der Waals surface area contributed by atoms with E-state index in [2.05, 4.69) is 10.4 Å². The summed E-state index contributed by atoms with van der Waals surface area (Å²) >= 11 is 0. The summed E-state index contributed by atoms with van der Waals surface area (Å²) in [5.41, 5.74) is 1.12. The van der Waals surface area contributed by atoms with E-state index in [4.69, 9.17) is 4.74 Å². The van der Waals surface area contributed by atoms with Crippen LogP contribution in [-0.2, 0) is 16.1 Å². The van der Waals surface area contributed by atoms with Crippen molar-refractivity contribution in [2.24, 2.45) is 0 Å². The first-order valence-corrected chi connectivity index (χ1v) is 5.47. The molecule has 5 nitrogen and oxygen atoms in total. The van der Waals surface area contributed by atoms with Crippen LogP contribution in [0.25, 0.3) is 0 Å². The van der Waals surface area contributed by atoms with Crippen LogP contribution in [-0.4, -0.2) is 35.4 Å². The van der Waals surface area contributed by atoms with E-state index >= 15 is 0 Å². The van der Waals surface area contributed by atoms with E-state index < -0.39 is 0 Å². The molecule has 0 fully saturated rings. The molecule has 16 heavy (non-hydrogen) atoms. The van der Waals surface area contributed by atoms with Gasteiger partial charge in [0.15, 0.2) is 0 Å². The van der Waals surface area contributed by atoms with Crippen LogP contribution in [0.15, 0.2) is 12.4 Å². The van der Waals surface area contributed by atoms with E-state index in [1.54, 1.807) is 6.20 Å². The van der Waals surface area contributed by atoms with Gasteiger partial charge in [0.2, 0.25) is 0 Å². The van der Waals surface area contributed by atoms with Crippen LogP contribution in [0.4, 0.5) is 0 Å². The summed E-state index contributed by atoms with van der Waals surface area (Å²) in [5.74, 6) is -0.217. The number of aromatic nitrogens is 2. The van der Waals surface area contributed by atoms with Crippen LogP contribution in [0.1, 0.15) is 18.9 Å². The van der Waals surface area contributed by atoms with E-state index in [0.29, 0.717) is 13.0 Å². The van der Waals surface area contributed by atoms with Crippen molar-refractivity contribution in [1.82, 2.24) is 15.1 Å². The normalized spacial score (nSPS) is 12.4. The molecule has 0 aliphatic rings. The highest BCUT2D eigenvalue weighted by Crippen LogP contribution is 2.00. The molecule has 1 aromatic rings. The zero-order valence-electron chi connectivity index (χ0n) is 10.1. The minimum absolute atomic E-state index is 0.217. The smallest absolute Gasteiger partial charge is 0.322 e. The average molecular weight is 225 g/mol. The Hall–Kier alpha value is -1.36. The van der Waals surface area contributed by atoms with Gasteiger partial charge in [0.25, 0.3) is 0 Å². The summed E-state index contributed by atoms with van der Waals surface area (Å²) in [6.07, 6.45) is 4.45. The Morgan fingerprint density at radius 1 is 1.69 bits per heavy atom. The van der Waals surface area contributed by atoms with Gasteiger partial charge in [-0.1, -0.05) is 6.92 Å². The maximum absolute atomic E-state index is 11.4. The van der Waals surface area contributed by atoms with Gasteiger partial charge in [0.05, 0.1) is 13.3 Å². The number of likely N-dealkylation sites (N-methyl/N-ethyl adjacent to an activating group) is 1. The third-order valence-electron chi connectivity index (χ3n) is 2.35. The molecular weight excluding hydrogens is 206 g/mol. The Kier molecular flexibility index (Phi) is 4.98. The molecule has 1 atom stereocenters. The molecule has 0 amide bonds. The maximum Gasteiger partial charge on any atom is 0.322 e. The van der Waals surface area contributed by atoms with Gasteiger partial charge in [-0.05, 0) is 25.5 Å². The Balaban J connectivity index is 2.46. The number of hydrogen-bond donors (Lipinski definition) is 1. The van der Waals surface area contributed by atoms with Crippen molar-refractivity contribution in [1.29, 1.82) is 0 Å². The fourth-order valence-corrected chi connectivity index (χ4v) is 1.54. The first-order valence-electron chi connectivity index (χ1n) is 5.47. The fourth-order valence-electron chi connectivity index (χ4n) is 1.54. The molecule has 1 rings (SSSR count). The Morgan fingerprint density at radius 3 is 2.94 bits per heavy atom. The predicted molar refractivity (Wildman–Crippen MR) is 61.1 cm³/mol. The van der Waals surface area contributed by atoms with Crippen LogP contribution in [0.2, 0.25) is 0 Å². The monoisotopic (exact) mass is 225 g/mol. The second kappa shape index (κ2) is 6.27. The summed E-state index contributed by atoms with van der Waals surface area (Å²) in [4.78, 5) is 11.4. The zero-order valence-corrected chi connectivity index (χ0v) is 10.1. The van der Waals surface area contributed by atoms with Crippen molar-refractivity contribution in [3.63, 3.8) is 0 Å². The summed E-state index contributed by atoms with van der Waals surface area (Å²) in [6, 6.07) is -0.250. The number of aryl methyl sites for hydroxylation is 2. The highest BCUT2D eigenvalue weighted by Gasteiger charge is 2.17. The number of esters is 1. The Labute approximate surface area is 95.8 Å². The van der Waals surface area contributed by atoms with Gasteiger partial charge in [0.1, 0.15) is 6.04 Å². The van der Waals surface area contributed by atoms with E-state index in [1.807, 2.05) is 24.7 Å². The lowest BCUT2D eigenvalue weighted by atomic mass is 10.2. The summed E-state index contributed by atoms with van der Waals surface area (Å²) in [5, 5.41) is 7.26. The topological polar surface area (TPSA) is 56.2 Å². The highest BCUT2D eigenvalue weighted by atomic mass is 16.5. The van der Waals surface area contributed by atoms with Crippen LogP contribution in [0.5, 0.6) is 0 Å². The molecule has 0 aromatic carbocycles. The fraction of sp³-hybridized carbons (Fsp3) is 0.636. The lowest BCUT2D eigenvalue weighted by Gasteiger charge is -2.14. The van der Waals surface area contributed by atoms with Crippen molar-refractivity contribution in [3.8, 4) is 0 Å². The van der Waals surface area contributed by atoms with Crippen molar-refractivity contribution >= 4 is 5.97 Å². The molecule has 1 aromatic heterocycles. The number of carbonyl (C=O) groups excluding carboxylic acids is 1. The number of rotatable bonds is 6. The van der Waals surface area contributed by atoms with Gasteiger partial charge in [-0.25, -0.2) is 0 Å². The third kappa shape index (κ3) is 3.66. The second-order valence-electron chi connectivity index (χ2n) is 3.70.